The monoisotopic (exact) mass is 451 g/mol. The number of nitrogen functional groups attached to an aromatic ring is 1. The van der Waals surface area contributed by atoms with E-state index in [1.54, 1.807) is 43.6 Å². The number of likely N-dealkylation sites (N-methyl/N-ethyl adjacent to an activating group) is 1. The topological polar surface area (TPSA) is 109 Å². The van der Waals surface area contributed by atoms with Gasteiger partial charge in [-0.3, -0.25) is 9.59 Å². The summed E-state index contributed by atoms with van der Waals surface area (Å²) >= 11 is 12.2. The molecule has 2 atom stereocenters. The van der Waals surface area contributed by atoms with Crippen molar-refractivity contribution in [2.45, 2.75) is 32.4 Å². The van der Waals surface area contributed by atoms with Gasteiger partial charge < -0.3 is 21.7 Å². The molecule has 0 radical (unpaired) electrons. The minimum Gasteiger partial charge on any atom is -0.384 e. The minimum atomic E-state index is -0.643. The number of carbonyl (C=O) groups excluding carboxylic acids is 2. The van der Waals surface area contributed by atoms with Gasteiger partial charge in [-0.1, -0.05) is 49.2 Å². The van der Waals surface area contributed by atoms with Gasteiger partial charge in [0, 0.05) is 19.3 Å². The molecule has 30 heavy (non-hydrogen) atoms. The smallest absolute Gasteiger partial charge is 0.237 e. The molecule has 0 aliphatic heterocycles. The van der Waals surface area contributed by atoms with E-state index < -0.39 is 5.92 Å². The Morgan fingerprint density at radius 3 is 2.37 bits per heavy atom. The van der Waals surface area contributed by atoms with E-state index in [2.05, 4.69) is 20.9 Å². The van der Waals surface area contributed by atoms with Crippen LogP contribution in [0, 0.1) is 5.92 Å². The molecular formula is C21H27Cl2N5O2. The molecule has 0 saturated carbocycles. The Balaban J connectivity index is 2.15. The number of hydrogen-bond donors (Lipinski definition) is 4. The molecule has 0 fully saturated rings. The first-order valence-corrected chi connectivity index (χ1v) is 10.4. The van der Waals surface area contributed by atoms with E-state index in [0.29, 0.717) is 21.4 Å². The van der Waals surface area contributed by atoms with Crippen molar-refractivity contribution in [2.75, 3.05) is 19.3 Å². The molecule has 9 heteroatoms. The van der Waals surface area contributed by atoms with Crippen LogP contribution in [-0.2, 0) is 16.1 Å². The molecule has 2 amide bonds. The van der Waals surface area contributed by atoms with Gasteiger partial charge in [-0.05, 0) is 42.3 Å². The molecule has 2 aromatic rings. The maximum Gasteiger partial charge on any atom is 0.237 e. The van der Waals surface area contributed by atoms with Crippen LogP contribution in [0.15, 0.2) is 36.5 Å². The fourth-order valence-corrected chi connectivity index (χ4v) is 3.33. The number of halogens is 2. The molecule has 1 heterocycles. The fourth-order valence-electron chi connectivity index (χ4n) is 3.02. The molecule has 0 bridgehead atoms. The molecule has 0 aliphatic carbocycles. The third kappa shape index (κ3) is 6.58. The first-order valence-electron chi connectivity index (χ1n) is 9.61. The number of pyridine rings is 1. The minimum absolute atomic E-state index is 0.102. The highest BCUT2D eigenvalue weighted by atomic mass is 35.5. The fraction of sp³-hybridized carbons (Fsp3) is 0.381. The second kappa shape index (κ2) is 11.2. The summed E-state index contributed by atoms with van der Waals surface area (Å²) < 4.78 is 0. The van der Waals surface area contributed by atoms with Crippen molar-refractivity contribution in [1.29, 1.82) is 0 Å². The molecule has 1 aromatic carbocycles. The highest BCUT2D eigenvalue weighted by molar-refractivity contribution is 6.42. The van der Waals surface area contributed by atoms with Crippen molar-refractivity contribution in [3.8, 4) is 0 Å². The first-order chi connectivity index (χ1) is 14.2. The van der Waals surface area contributed by atoms with Crippen molar-refractivity contribution in [3.05, 3.63) is 57.7 Å². The van der Waals surface area contributed by atoms with E-state index in [0.717, 1.165) is 5.56 Å². The molecule has 0 aliphatic rings. The molecule has 5 N–H and O–H groups in total. The Hall–Kier alpha value is -2.35. The summed E-state index contributed by atoms with van der Waals surface area (Å²) in [5.41, 5.74) is 7.06. The van der Waals surface area contributed by atoms with Crippen LogP contribution in [0.3, 0.4) is 0 Å². The van der Waals surface area contributed by atoms with Crippen LogP contribution >= 0.6 is 23.2 Å². The second-order valence-corrected chi connectivity index (χ2v) is 8.11. The highest BCUT2D eigenvalue weighted by Gasteiger charge is 2.25. The lowest BCUT2D eigenvalue weighted by atomic mass is 9.97. The summed E-state index contributed by atoms with van der Waals surface area (Å²) in [6.07, 6.45) is 1.60. The number of nitrogens with one attached hydrogen (secondary N) is 3. The van der Waals surface area contributed by atoms with Crippen LogP contribution in [0.5, 0.6) is 0 Å². The van der Waals surface area contributed by atoms with E-state index in [4.69, 9.17) is 28.9 Å². The number of nitrogens with zero attached hydrogens (tertiary/aromatic N) is 1. The van der Waals surface area contributed by atoms with Gasteiger partial charge in [0.25, 0.3) is 0 Å². The lowest BCUT2D eigenvalue weighted by molar-refractivity contribution is -0.125. The Kier molecular flexibility index (Phi) is 8.89. The number of anilines is 1. The number of aromatic nitrogens is 1. The standard InChI is InChI=1S/C21H27Cl2N5O2/c1-12(2)19(25-3)21(30)28-11-15(14-5-6-16(22)17(23)8-14)20(29)27-10-13-4-7-18(24)26-9-13/h4-9,12,15,19,25H,10-11H2,1-3H3,(H2,24,26)(H,27,29)(H,28,30)/t15-,19+/m0/s1. The molecule has 7 nitrogen and oxygen atoms in total. The van der Waals surface area contributed by atoms with E-state index in [9.17, 15) is 9.59 Å². The van der Waals surface area contributed by atoms with E-state index in [1.165, 1.54) is 0 Å². The van der Waals surface area contributed by atoms with Crippen molar-refractivity contribution in [2.24, 2.45) is 5.92 Å². The predicted octanol–water partition coefficient (Wildman–Crippen LogP) is 2.73. The number of amides is 2. The normalized spacial score (nSPS) is 13.0. The van der Waals surface area contributed by atoms with E-state index in [-0.39, 0.29) is 36.9 Å². The quantitative estimate of drug-likeness (QED) is 0.468. The summed E-state index contributed by atoms with van der Waals surface area (Å²) in [5, 5.41) is 9.48. The summed E-state index contributed by atoms with van der Waals surface area (Å²) in [6, 6.07) is 8.11. The van der Waals surface area contributed by atoms with Crippen LogP contribution in [0.1, 0.15) is 30.9 Å². The SMILES string of the molecule is CN[C@@H](C(=O)NC[C@H](C(=O)NCc1ccc(N)nc1)c1ccc(Cl)c(Cl)c1)C(C)C. The summed E-state index contributed by atoms with van der Waals surface area (Å²) in [4.78, 5) is 29.5. The van der Waals surface area contributed by atoms with Gasteiger partial charge in [-0.15, -0.1) is 0 Å². The van der Waals surface area contributed by atoms with Crippen molar-refractivity contribution in [1.82, 2.24) is 20.9 Å². The number of benzene rings is 1. The van der Waals surface area contributed by atoms with Crippen LogP contribution in [0.25, 0.3) is 0 Å². The maximum atomic E-state index is 13.0. The molecular weight excluding hydrogens is 425 g/mol. The zero-order chi connectivity index (χ0) is 22.3. The Morgan fingerprint density at radius 2 is 1.80 bits per heavy atom. The number of nitrogens with two attached hydrogens (primary N) is 1. The van der Waals surface area contributed by atoms with Crippen LogP contribution in [0.4, 0.5) is 5.82 Å². The Labute approximate surface area is 186 Å². The third-order valence-electron chi connectivity index (χ3n) is 4.72. The number of carbonyl (C=O) groups is 2. The molecule has 0 spiro atoms. The Morgan fingerprint density at radius 1 is 1.07 bits per heavy atom. The van der Waals surface area contributed by atoms with Gasteiger partial charge in [0.1, 0.15) is 5.82 Å². The predicted molar refractivity (Wildman–Crippen MR) is 120 cm³/mol. The average Bonchev–Trinajstić information content (AvgIpc) is 2.70. The molecule has 0 saturated heterocycles. The van der Waals surface area contributed by atoms with Gasteiger partial charge in [-0.2, -0.15) is 0 Å². The third-order valence-corrected chi connectivity index (χ3v) is 5.46. The average molecular weight is 452 g/mol. The van der Waals surface area contributed by atoms with Gasteiger partial charge in [-0.25, -0.2) is 4.98 Å². The first kappa shape index (κ1) is 23.9. The second-order valence-electron chi connectivity index (χ2n) is 7.29. The number of rotatable bonds is 9. The summed E-state index contributed by atoms with van der Waals surface area (Å²) in [5.74, 6) is -0.560. The van der Waals surface area contributed by atoms with E-state index >= 15 is 0 Å². The van der Waals surface area contributed by atoms with Gasteiger partial charge in [0.2, 0.25) is 11.8 Å². The van der Waals surface area contributed by atoms with E-state index in [1.807, 2.05) is 13.8 Å². The van der Waals surface area contributed by atoms with Crippen molar-refractivity contribution < 1.29 is 9.59 Å². The van der Waals surface area contributed by atoms with Crippen molar-refractivity contribution >= 4 is 40.8 Å². The lowest BCUT2D eigenvalue weighted by Gasteiger charge is -2.23. The molecule has 2 rings (SSSR count). The molecule has 0 unspecified atom stereocenters. The van der Waals surface area contributed by atoms with Crippen LogP contribution < -0.4 is 21.7 Å². The van der Waals surface area contributed by atoms with Gasteiger partial charge in [0.05, 0.1) is 22.0 Å². The lowest BCUT2D eigenvalue weighted by Crippen LogP contribution is -2.48. The zero-order valence-electron chi connectivity index (χ0n) is 17.2. The molecule has 162 valence electrons. The largest absolute Gasteiger partial charge is 0.384 e. The molecule has 1 aromatic heterocycles. The van der Waals surface area contributed by atoms with Gasteiger partial charge >= 0.3 is 0 Å². The highest BCUT2D eigenvalue weighted by Crippen LogP contribution is 2.26. The van der Waals surface area contributed by atoms with Crippen molar-refractivity contribution in [3.63, 3.8) is 0 Å². The maximum absolute atomic E-state index is 13.0. The number of hydrogen-bond acceptors (Lipinski definition) is 5. The summed E-state index contributed by atoms with van der Waals surface area (Å²) in [7, 11) is 1.73. The van der Waals surface area contributed by atoms with Crippen LogP contribution in [0.2, 0.25) is 10.0 Å². The van der Waals surface area contributed by atoms with Crippen LogP contribution in [-0.4, -0.2) is 36.4 Å². The zero-order valence-corrected chi connectivity index (χ0v) is 18.7. The summed E-state index contributed by atoms with van der Waals surface area (Å²) in [6.45, 7) is 4.30. The Bertz CT molecular complexity index is 874. The van der Waals surface area contributed by atoms with Gasteiger partial charge in [0.15, 0.2) is 0 Å².